The number of hydrogen-bond acceptors (Lipinski definition) is 7. The highest BCUT2D eigenvalue weighted by Crippen LogP contribution is 2.29. The first-order valence-corrected chi connectivity index (χ1v) is 12.7. The monoisotopic (exact) mass is 487 g/mol. The van der Waals surface area contributed by atoms with Gasteiger partial charge in [-0.3, -0.25) is 14.4 Å². The number of Topliss-reactive ketones (excluding diaryl/α,β-unsaturated/α-hetero) is 1. The van der Waals surface area contributed by atoms with Crippen LogP contribution in [0.2, 0.25) is 0 Å². The number of hydrogen-bond donors (Lipinski definition) is 1. The second-order valence-corrected chi connectivity index (χ2v) is 11.2. The standard InChI is InChI=1S/C25H29NO7S/c1-16(2)13-21(23(28)33-22-20(27)14-32-25(22,3)24(26)29)34(30,31)15-17-9-11-19(12-10-17)18-7-5-4-6-8-18/h4-12,16,21-22H,13-15H2,1-3H3,(H2,26,29). The summed E-state index contributed by atoms with van der Waals surface area (Å²) in [7, 11) is -4.01. The van der Waals surface area contributed by atoms with Crippen molar-refractivity contribution in [2.45, 2.75) is 49.9 Å². The summed E-state index contributed by atoms with van der Waals surface area (Å²) in [5.74, 6) is -3.24. The van der Waals surface area contributed by atoms with E-state index in [-0.39, 0.29) is 18.1 Å². The second-order valence-electron chi connectivity index (χ2n) is 9.03. The molecule has 0 bridgehead atoms. The van der Waals surface area contributed by atoms with Crippen molar-refractivity contribution in [1.29, 1.82) is 0 Å². The van der Waals surface area contributed by atoms with Crippen LogP contribution < -0.4 is 5.73 Å². The maximum Gasteiger partial charge on any atom is 0.325 e. The molecule has 3 atom stereocenters. The molecule has 8 nitrogen and oxygen atoms in total. The van der Waals surface area contributed by atoms with Crippen LogP contribution in [0.5, 0.6) is 0 Å². The van der Waals surface area contributed by atoms with E-state index in [4.69, 9.17) is 15.2 Å². The lowest BCUT2D eigenvalue weighted by atomic mass is 9.97. The van der Waals surface area contributed by atoms with Gasteiger partial charge in [0.25, 0.3) is 5.91 Å². The van der Waals surface area contributed by atoms with Crippen molar-refractivity contribution in [3.8, 4) is 11.1 Å². The van der Waals surface area contributed by atoms with Gasteiger partial charge in [-0.25, -0.2) is 8.42 Å². The molecule has 0 saturated carbocycles. The molecular weight excluding hydrogens is 458 g/mol. The Morgan fingerprint density at radius 1 is 1.09 bits per heavy atom. The van der Waals surface area contributed by atoms with Gasteiger partial charge in [0.05, 0.1) is 5.75 Å². The summed E-state index contributed by atoms with van der Waals surface area (Å²) in [6.07, 6.45) is -1.59. The molecule has 1 saturated heterocycles. The maximum atomic E-state index is 13.3. The topological polar surface area (TPSA) is 130 Å². The van der Waals surface area contributed by atoms with Crippen molar-refractivity contribution in [3.63, 3.8) is 0 Å². The van der Waals surface area contributed by atoms with Crippen molar-refractivity contribution >= 4 is 27.5 Å². The summed E-state index contributed by atoms with van der Waals surface area (Å²) >= 11 is 0. The van der Waals surface area contributed by atoms with Crippen LogP contribution in [-0.2, 0) is 39.4 Å². The van der Waals surface area contributed by atoms with Crippen LogP contribution in [0, 0.1) is 5.92 Å². The number of rotatable bonds is 9. The first-order chi connectivity index (χ1) is 15.9. The average molecular weight is 488 g/mol. The third-order valence-corrected chi connectivity index (χ3v) is 7.83. The van der Waals surface area contributed by atoms with E-state index in [1.165, 1.54) is 6.92 Å². The predicted molar refractivity (Wildman–Crippen MR) is 126 cm³/mol. The highest BCUT2D eigenvalue weighted by molar-refractivity contribution is 7.92. The van der Waals surface area contributed by atoms with E-state index in [1.54, 1.807) is 26.0 Å². The number of ketones is 1. The van der Waals surface area contributed by atoms with Crippen LogP contribution in [-0.4, -0.2) is 49.6 Å². The highest BCUT2D eigenvalue weighted by atomic mass is 32.2. The van der Waals surface area contributed by atoms with Gasteiger partial charge in [-0.1, -0.05) is 68.4 Å². The Morgan fingerprint density at radius 2 is 1.68 bits per heavy atom. The Bertz CT molecular complexity index is 1160. The van der Waals surface area contributed by atoms with Gasteiger partial charge in [-0.15, -0.1) is 0 Å². The Hall–Kier alpha value is -3.04. The van der Waals surface area contributed by atoms with E-state index in [0.29, 0.717) is 5.56 Å². The fourth-order valence-electron chi connectivity index (χ4n) is 3.82. The molecule has 0 radical (unpaired) electrons. The summed E-state index contributed by atoms with van der Waals surface area (Å²) < 4.78 is 37.0. The van der Waals surface area contributed by atoms with Gasteiger partial charge in [0.15, 0.2) is 26.8 Å². The van der Waals surface area contributed by atoms with Gasteiger partial charge in [0.1, 0.15) is 6.61 Å². The summed E-state index contributed by atoms with van der Waals surface area (Å²) in [6, 6.07) is 16.7. The van der Waals surface area contributed by atoms with Crippen LogP contribution in [0.15, 0.2) is 54.6 Å². The fourth-order valence-corrected chi connectivity index (χ4v) is 5.71. The van der Waals surface area contributed by atoms with Crippen molar-refractivity contribution in [1.82, 2.24) is 0 Å². The Labute approximate surface area is 199 Å². The SMILES string of the molecule is CC(C)CC(C(=O)OC1C(=O)COC1(C)C(N)=O)S(=O)(=O)Cc1ccc(-c2ccccc2)cc1. The third kappa shape index (κ3) is 5.53. The largest absolute Gasteiger partial charge is 0.450 e. The first kappa shape index (κ1) is 25.6. The second kappa shape index (κ2) is 10.1. The summed E-state index contributed by atoms with van der Waals surface area (Å²) in [6.45, 7) is 4.36. The molecule has 182 valence electrons. The minimum absolute atomic E-state index is 0.00167. The van der Waals surface area contributed by atoms with Crippen molar-refractivity contribution in [3.05, 3.63) is 60.2 Å². The molecule has 1 heterocycles. The Morgan fingerprint density at radius 3 is 2.24 bits per heavy atom. The number of carbonyl (C=O) groups is 3. The summed E-state index contributed by atoms with van der Waals surface area (Å²) in [5.41, 5.74) is 5.94. The quantitative estimate of drug-likeness (QED) is 0.538. The molecule has 0 aromatic heterocycles. The van der Waals surface area contributed by atoms with E-state index in [2.05, 4.69) is 0 Å². The number of amides is 1. The van der Waals surface area contributed by atoms with E-state index in [9.17, 15) is 22.8 Å². The zero-order chi connectivity index (χ0) is 25.1. The lowest BCUT2D eigenvalue weighted by Crippen LogP contribution is -2.53. The minimum Gasteiger partial charge on any atom is -0.450 e. The molecule has 3 rings (SSSR count). The molecule has 9 heteroatoms. The lowest BCUT2D eigenvalue weighted by Gasteiger charge is -2.27. The average Bonchev–Trinajstić information content (AvgIpc) is 3.08. The Kier molecular flexibility index (Phi) is 7.57. The first-order valence-electron chi connectivity index (χ1n) is 11.0. The number of benzene rings is 2. The van der Waals surface area contributed by atoms with Gasteiger partial charge >= 0.3 is 5.97 Å². The summed E-state index contributed by atoms with van der Waals surface area (Å²) in [5, 5.41) is -1.51. The van der Waals surface area contributed by atoms with E-state index in [1.807, 2.05) is 42.5 Å². The smallest absolute Gasteiger partial charge is 0.325 e. The number of esters is 1. The van der Waals surface area contributed by atoms with E-state index in [0.717, 1.165) is 11.1 Å². The molecular formula is C25H29NO7S. The summed E-state index contributed by atoms with van der Waals surface area (Å²) in [4.78, 5) is 37.0. The normalized spacial score (nSPS) is 21.4. The minimum atomic E-state index is -4.01. The molecule has 1 amide bonds. The van der Waals surface area contributed by atoms with Gasteiger partial charge in [-0.2, -0.15) is 0 Å². The lowest BCUT2D eigenvalue weighted by molar-refractivity contribution is -0.165. The third-order valence-electron chi connectivity index (χ3n) is 5.84. The van der Waals surface area contributed by atoms with Gasteiger partial charge in [0.2, 0.25) is 5.78 Å². The molecule has 1 fully saturated rings. The van der Waals surface area contributed by atoms with Crippen LogP contribution in [0.3, 0.4) is 0 Å². The van der Waals surface area contributed by atoms with Crippen molar-refractivity contribution < 1.29 is 32.3 Å². The molecule has 34 heavy (non-hydrogen) atoms. The molecule has 0 spiro atoms. The van der Waals surface area contributed by atoms with Crippen molar-refractivity contribution in [2.75, 3.05) is 6.61 Å². The highest BCUT2D eigenvalue weighted by Gasteiger charge is 2.54. The van der Waals surface area contributed by atoms with Crippen LogP contribution in [0.1, 0.15) is 32.8 Å². The zero-order valence-electron chi connectivity index (χ0n) is 19.4. The number of nitrogens with two attached hydrogens (primary N) is 1. The molecule has 2 aromatic carbocycles. The molecule has 0 aliphatic carbocycles. The van der Waals surface area contributed by atoms with Crippen molar-refractivity contribution in [2.24, 2.45) is 11.7 Å². The molecule has 2 N–H and O–H groups in total. The van der Waals surface area contributed by atoms with Gasteiger partial charge in [0, 0.05) is 0 Å². The van der Waals surface area contributed by atoms with E-state index >= 15 is 0 Å². The molecule has 3 unspecified atom stereocenters. The zero-order valence-corrected chi connectivity index (χ0v) is 20.2. The number of ether oxygens (including phenoxy) is 2. The maximum absolute atomic E-state index is 13.3. The van der Waals surface area contributed by atoms with Gasteiger partial charge < -0.3 is 15.2 Å². The molecule has 1 aliphatic heterocycles. The fraction of sp³-hybridized carbons (Fsp3) is 0.400. The molecule has 2 aromatic rings. The predicted octanol–water partition coefficient (Wildman–Crippen LogP) is 2.44. The number of sulfone groups is 1. The van der Waals surface area contributed by atoms with Crippen LogP contribution in [0.25, 0.3) is 11.1 Å². The van der Waals surface area contributed by atoms with Crippen LogP contribution in [0.4, 0.5) is 0 Å². The van der Waals surface area contributed by atoms with Crippen LogP contribution >= 0.6 is 0 Å². The number of carbonyl (C=O) groups excluding carboxylic acids is 3. The molecule has 1 aliphatic rings. The van der Waals surface area contributed by atoms with E-state index < -0.39 is 51.1 Å². The number of primary amides is 1. The van der Waals surface area contributed by atoms with Gasteiger partial charge in [-0.05, 0) is 36.0 Å². The Balaban J connectivity index is 1.81.